The van der Waals surface area contributed by atoms with Crippen molar-refractivity contribution in [2.24, 2.45) is 0 Å². The Bertz CT molecular complexity index is 201. The average Bonchev–Trinajstić information content (AvgIpc) is 2.22. The van der Waals surface area contributed by atoms with Crippen LogP contribution in [-0.4, -0.2) is 18.5 Å². The van der Waals surface area contributed by atoms with E-state index < -0.39 is 5.97 Å². The Kier molecular flexibility index (Phi) is 9.76. The van der Waals surface area contributed by atoms with E-state index in [0.717, 1.165) is 32.1 Å². The smallest absolute Gasteiger partial charge is 0.305 e. The predicted octanol–water partition coefficient (Wildman–Crippen LogP) is 1.42. The quantitative estimate of drug-likeness (QED) is 0.420. The van der Waals surface area contributed by atoms with E-state index >= 15 is 0 Å². The van der Waals surface area contributed by atoms with Crippen LogP contribution in [0.25, 0.3) is 0 Å². The van der Waals surface area contributed by atoms with Crippen LogP contribution in [0.2, 0.25) is 0 Å². The van der Waals surface area contributed by atoms with Gasteiger partial charge in [-0.25, -0.2) is 0 Å². The van der Waals surface area contributed by atoms with Gasteiger partial charge in [0.1, 0.15) is 0 Å². The molecule has 0 aliphatic carbocycles. The third-order valence-corrected chi connectivity index (χ3v) is 2.32. The van der Waals surface area contributed by atoms with E-state index in [4.69, 9.17) is 4.74 Å². The van der Waals surface area contributed by atoms with Crippen LogP contribution in [0, 0.1) is 0 Å². The fourth-order valence-electron chi connectivity index (χ4n) is 1.48. The number of carboxylic acid groups (broad SMARTS) is 1. The van der Waals surface area contributed by atoms with Crippen molar-refractivity contribution in [3.8, 4) is 0 Å². The maximum Gasteiger partial charge on any atom is 0.305 e. The molecule has 16 heavy (non-hydrogen) atoms. The van der Waals surface area contributed by atoms with Gasteiger partial charge in [0.15, 0.2) is 0 Å². The SMILES string of the molecule is CCOC(=O)CCCCCCCCC(=O)[O-]. The summed E-state index contributed by atoms with van der Waals surface area (Å²) in [5.41, 5.74) is 0. The van der Waals surface area contributed by atoms with Crippen molar-refractivity contribution in [3.63, 3.8) is 0 Å². The number of rotatable bonds is 10. The Morgan fingerprint density at radius 1 is 0.938 bits per heavy atom. The fraction of sp³-hybridized carbons (Fsp3) is 0.833. The van der Waals surface area contributed by atoms with Gasteiger partial charge in [0, 0.05) is 12.4 Å². The second-order valence-electron chi connectivity index (χ2n) is 3.80. The molecular weight excluding hydrogens is 208 g/mol. The molecule has 0 saturated heterocycles. The Morgan fingerprint density at radius 3 is 1.94 bits per heavy atom. The first-order valence-corrected chi connectivity index (χ1v) is 6.02. The second-order valence-corrected chi connectivity index (χ2v) is 3.80. The van der Waals surface area contributed by atoms with Gasteiger partial charge in [-0.2, -0.15) is 0 Å². The predicted molar refractivity (Wildman–Crippen MR) is 58.6 cm³/mol. The average molecular weight is 229 g/mol. The summed E-state index contributed by atoms with van der Waals surface area (Å²) in [5.74, 6) is -1.10. The minimum atomic E-state index is -0.970. The molecule has 0 bridgehead atoms. The van der Waals surface area contributed by atoms with Gasteiger partial charge in [-0.1, -0.05) is 25.7 Å². The van der Waals surface area contributed by atoms with E-state index in [0.29, 0.717) is 19.4 Å². The monoisotopic (exact) mass is 229 g/mol. The molecule has 0 fully saturated rings. The summed E-state index contributed by atoms with van der Waals surface area (Å²) in [6.45, 7) is 2.25. The molecule has 0 atom stereocenters. The normalized spacial score (nSPS) is 10.1. The highest BCUT2D eigenvalue weighted by atomic mass is 16.5. The summed E-state index contributed by atoms with van der Waals surface area (Å²) in [6, 6.07) is 0. The molecular formula is C12H21O4-. The summed E-state index contributed by atoms with van der Waals surface area (Å²) in [4.78, 5) is 21.1. The van der Waals surface area contributed by atoms with Gasteiger partial charge in [0.2, 0.25) is 0 Å². The van der Waals surface area contributed by atoms with Crippen molar-refractivity contribution in [1.82, 2.24) is 0 Å². The van der Waals surface area contributed by atoms with Crippen molar-refractivity contribution >= 4 is 11.9 Å². The zero-order chi connectivity index (χ0) is 12.2. The first-order chi connectivity index (χ1) is 7.66. The van der Waals surface area contributed by atoms with Crippen LogP contribution in [0.4, 0.5) is 0 Å². The molecule has 94 valence electrons. The highest BCUT2D eigenvalue weighted by Crippen LogP contribution is 2.08. The Morgan fingerprint density at radius 2 is 1.44 bits per heavy atom. The van der Waals surface area contributed by atoms with Crippen LogP contribution < -0.4 is 5.11 Å². The number of esters is 1. The fourth-order valence-corrected chi connectivity index (χ4v) is 1.48. The summed E-state index contributed by atoms with van der Waals surface area (Å²) in [6.07, 6.45) is 6.20. The largest absolute Gasteiger partial charge is 0.550 e. The van der Waals surface area contributed by atoms with Gasteiger partial charge in [0.05, 0.1) is 6.61 Å². The Labute approximate surface area is 97.0 Å². The second kappa shape index (κ2) is 10.5. The molecule has 0 radical (unpaired) electrons. The molecule has 4 nitrogen and oxygen atoms in total. The van der Waals surface area contributed by atoms with Gasteiger partial charge in [-0.3, -0.25) is 4.79 Å². The molecule has 0 aromatic carbocycles. The minimum Gasteiger partial charge on any atom is -0.550 e. The van der Waals surface area contributed by atoms with Crippen LogP contribution in [0.3, 0.4) is 0 Å². The summed E-state index contributed by atoms with van der Waals surface area (Å²) in [5, 5.41) is 10.1. The highest BCUT2D eigenvalue weighted by molar-refractivity contribution is 5.69. The summed E-state index contributed by atoms with van der Waals surface area (Å²) < 4.78 is 4.80. The standard InChI is InChI=1S/C12H22O4/c1-2-16-12(15)10-8-6-4-3-5-7-9-11(13)14/h2-10H2,1H3,(H,13,14)/p-1. The van der Waals surface area contributed by atoms with Crippen molar-refractivity contribution in [1.29, 1.82) is 0 Å². The molecule has 4 heteroatoms. The van der Waals surface area contributed by atoms with E-state index in [-0.39, 0.29) is 12.4 Å². The Hall–Kier alpha value is -1.06. The first-order valence-electron chi connectivity index (χ1n) is 6.02. The van der Waals surface area contributed by atoms with Gasteiger partial charge in [0.25, 0.3) is 0 Å². The lowest BCUT2D eigenvalue weighted by molar-refractivity contribution is -0.305. The lowest BCUT2D eigenvalue weighted by atomic mass is 10.1. The Balaban J connectivity index is 3.09. The van der Waals surface area contributed by atoms with Gasteiger partial charge in [-0.15, -0.1) is 0 Å². The van der Waals surface area contributed by atoms with E-state index in [1.54, 1.807) is 6.92 Å². The number of carboxylic acids is 1. The van der Waals surface area contributed by atoms with Crippen LogP contribution >= 0.6 is 0 Å². The van der Waals surface area contributed by atoms with Crippen LogP contribution in [-0.2, 0) is 14.3 Å². The summed E-state index contributed by atoms with van der Waals surface area (Å²) in [7, 11) is 0. The van der Waals surface area contributed by atoms with E-state index in [9.17, 15) is 14.7 Å². The molecule has 0 saturated carbocycles. The van der Waals surface area contributed by atoms with Crippen molar-refractivity contribution in [3.05, 3.63) is 0 Å². The van der Waals surface area contributed by atoms with E-state index in [1.165, 1.54) is 0 Å². The van der Waals surface area contributed by atoms with Gasteiger partial charge in [-0.05, 0) is 26.2 Å². The zero-order valence-electron chi connectivity index (χ0n) is 10.00. The molecule has 0 aromatic heterocycles. The molecule has 0 unspecified atom stereocenters. The molecule has 0 spiro atoms. The molecule has 0 amide bonds. The number of aliphatic carboxylic acids is 1. The maximum atomic E-state index is 11.0. The summed E-state index contributed by atoms with van der Waals surface area (Å²) >= 11 is 0. The van der Waals surface area contributed by atoms with Crippen molar-refractivity contribution in [2.75, 3.05) is 6.61 Å². The number of carbonyl (C=O) groups is 2. The first kappa shape index (κ1) is 14.9. The molecule has 0 aliphatic heterocycles. The lowest BCUT2D eigenvalue weighted by Crippen LogP contribution is -2.21. The van der Waals surface area contributed by atoms with Crippen molar-refractivity contribution in [2.45, 2.75) is 58.3 Å². The lowest BCUT2D eigenvalue weighted by Gasteiger charge is -2.03. The van der Waals surface area contributed by atoms with Gasteiger partial charge < -0.3 is 14.6 Å². The number of carbonyl (C=O) groups excluding carboxylic acids is 2. The zero-order valence-corrected chi connectivity index (χ0v) is 10.00. The third kappa shape index (κ3) is 11.0. The maximum absolute atomic E-state index is 11.0. The molecule has 0 aliphatic rings. The van der Waals surface area contributed by atoms with Crippen LogP contribution in [0.1, 0.15) is 58.3 Å². The highest BCUT2D eigenvalue weighted by Gasteiger charge is 2.00. The molecule has 0 rings (SSSR count). The van der Waals surface area contributed by atoms with E-state index in [2.05, 4.69) is 0 Å². The topological polar surface area (TPSA) is 66.4 Å². The number of hydrogen-bond acceptors (Lipinski definition) is 4. The van der Waals surface area contributed by atoms with Crippen LogP contribution in [0.15, 0.2) is 0 Å². The molecule has 0 aromatic rings. The number of ether oxygens (including phenoxy) is 1. The molecule has 0 heterocycles. The van der Waals surface area contributed by atoms with Gasteiger partial charge >= 0.3 is 5.97 Å². The number of hydrogen-bond donors (Lipinski definition) is 0. The van der Waals surface area contributed by atoms with E-state index in [1.807, 2.05) is 0 Å². The molecule has 0 N–H and O–H groups in total. The van der Waals surface area contributed by atoms with Crippen molar-refractivity contribution < 1.29 is 19.4 Å². The van der Waals surface area contributed by atoms with Crippen LogP contribution in [0.5, 0.6) is 0 Å². The number of unbranched alkanes of at least 4 members (excludes halogenated alkanes) is 5. The minimum absolute atomic E-state index is 0.126. The third-order valence-electron chi connectivity index (χ3n) is 2.32.